The van der Waals surface area contributed by atoms with Gasteiger partial charge in [0.1, 0.15) is 6.61 Å². The van der Waals surface area contributed by atoms with Crippen molar-refractivity contribution in [2.45, 2.75) is 12.2 Å². The summed E-state index contributed by atoms with van der Waals surface area (Å²) in [5, 5.41) is 9.18. The van der Waals surface area contributed by atoms with E-state index in [1.54, 1.807) is 0 Å². The zero-order chi connectivity index (χ0) is 14.0. The van der Waals surface area contributed by atoms with Gasteiger partial charge in [0.2, 0.25) is 0 Å². The van der Waals surface area contributed by atoms with Crippen molar-refractivity contribution in [3.05, 3.63) is 29.8 Å². The van der Waals surface area contributed by atoms with E-state index in [0.717, 1.165) is 11.0 Å². The number of para-hydroxylation sites is 1. The number of carbonyl (C=O) groups excluding carboxylic acids is 1. The van der Waals surface area contributed by atoms with Crippen LogP contribution in [0.4, 0.5) is 18.9 Å². The molecule has 0 spiro atoms. The third-order valence-corrected chi connectivity index (χ3v) is 2.85. The third kappa shape index (κ3) is 2.71. The summed E-state index contributed by atoms with van der Waals surface area (Å²) in [6, 6.07) is 4.00. The second-order valence-corrected chi connectivity index (χ2v) is 4.13. The highest BCUT2D eigenvalue weighted by Crippen LogP contribution is 2.37. The van der Waals surface area contributed by atoms with Crippen molar-refractivity contribution >= 4 is 11.6 Å². The first-order valence-corrected chi connectivity index (χ1v) is 5.62. The van der Waals surface area contributed by atoms with Crippen molar-refractivity contribution in [2.75, 3.05) is 24.7 Å². The van der Waals surface area contributed by atoms with Gasteiger partial charge in [-0.25, -0.2) is 0 Å². The molecule has 1 atom stereocenters. The number of benzene rings is 1. The lowest BCUT2D eigenvalue weighted by atomic mass is 10.1. The first-order chi connectivity index (χ1) is 8.95. The molecule has 1 unspecified atom stereocenters. The van der Waals surface area contributed by atoms with Crippen LogP contribution >= 0.6 is 0 Å². The summed E-state index contributed by atoms with van der Waals surface area (Å²) < 4.78 is 43.7. The molecule has 1 heterocycles. The molecule has 104 valence electrons. The molecule has 7 heteroatoms. The first kappa shape index (κ1) is 13.8. The van der Waals surface area contributed by atoms with E-state index in [1.165, 1.54) is 18.2 Å². The van der Waals surface area contributed by atoms with Crippen LogP contribution in [0, 0.1) is 0 Å². The molecule has 0 aliphatic carbocycles. The summed E-state index contributed by atoms with van der Waals surface area (Å²) in [6.45, 7) is -0.741. The molecule has 2 rings (SSSR count). The molecule has 0 radical (unpaired) electrons. The lowest BCUT2D eigenvalue weighted by Crippen LogP contribution is -2.52. The van der Waals surface area contributed by atoms with Gasteiger partial charge in [-0.2, -0.15) is 13.2 Å². The second-order valence-electron chi connectivity index (χ2n) is 4.13. The number of anilines is 1. The van der Waals surface area contributed by atoms with E-state index in [0.29, 0.717) is 0 Å². The summed E-state index contributed by atoms with van der Waals surface area (Å²) in [5.41, 5.74) is -1.15. The van der Waals surface area contributed by atoms with Crippen molar-refractivity contribution in [3.8, 4) is 0 Å². The van der Waals surface area contributed by atoms with Crippen molar-refractivity contribution in [1.82, 2.24) is 0 Å². The zero-order valence-corrected chi connectivity index (χ0v) is 9.85. The Morgan fingerprint density at radius 2 is 2.05 bits per heavy atom. The molecule has 0 saturated carbocycles. The van der Waals surface area contributed by atoms with E-state index in [-0.39, 0.29) is 18.9 Å². The highest BCUT2D eigenvalue weighted by Gasteiger charge is 2.38. The molecule has 1 saturated heterocycles. The maximum atomic E-state index is 12.9. The van der Waals surface area contributed by atoms with Crippen LogP contribution in [0.3, 0.4) is 0 Å². The Balaban J connectivity index is 2.47. The summed E-state index contributed by atoms with van der Waals surface area (Å²) in [6.07, 6.45) is -4.56. The summed E-state index contributed by atoms with van der Waals surface area (Å²) in [7, 11) is 0. The van der Waals surface area contributed by atoms with Crippen LogP contribution in [0.25, 0.3) is 0 Å². The number of hydrogen-bond acceptors (Lipinski definition) is 3. The molecule has 4 nitrogen and oxygen atoms in total. The molecular formula is C12H12F3NO3. The fourth-order valence-corrected chi connectivity index (χ4v) is 2.02. The molecule has 1 aliphatic heterocycles. The van der Waals surface area contributed by atoms with Crippen LogP contribution in [-0.2, 0) is 15.7 Å². The van der Waals surface area contributed by atoms with Crippen LogP contribution in [0.2, 0.25) is 0 Å². The van der Waals surface area contributed by atoms with Crippen LogP contribution in [0.15, 0.2) is 24.3 Å². The standard InChI is InChI=1S/C12H12F3NO3/c13-12(14,15)9-3-1-2-4-10(9)16-8(5-17)6-19-7-11(16)18/h1-4,8,17H,5-7H2. The van der Waals surface area contributed by atoms with Gasteiger partial charge >= 0.3 is 6.18 Å². The number of carbonyl (C=O) groups is 1. The molecular weight excluding hydrogens is 263 g/mol. The Kier molecular flexibility index (Phi) is 3.77. The molecule has 1 fully saturated rings. The van der Waals surface area contributed by atoms with E-state index in [4.69, 9.17) is 4.74 Å². The first-order valence-electron chi connectivity index (χ1n) is 5.62. The van der Waals surface area contributed by atoms with Gasteiger partial charge in [0.25, 0.3) is 5.91 Å². The number of halogens is 3. The van der Waals surface area contributed by atoms with Crippen LogP contribution in [0.5, 0.6) is 0 Å². The van der Waals surface area contributed by atoms with Gasteiger partial charge in [0.05, 0.1) is 30.5 Å². The zero-order valence-electron chi connectivity index (χ0n) is 9.85. The highest BCUT2D eigenvalue weighted by atomic mass is 19.4. The van der Waals surface area contributed by atoms with E-state index in [2.05, 4.69) is 0 Å². The number of morpholine rings is 1. The maximum absolute atomic E-state index is 12.9. The molecule has 0 aromatic heterocycles. The number of alkyl halides is 3. The number of amides is 1. The molecule has 1 aromatic rings. The van der Waals surface area contributed by atoms with Gasteiger partial charge in [-0.3, -0.25) is 4.79 Å². The molecule has 19 heavy (non-hydrogen) atoms. The van der Waals surface area contributed by atoms with Crippen molar-refractivity contribution in [2.24, 2.45) is 0 Å². The van der Waals surface area contributed by atoms with E-state index in [1.807, 2.05) is 0 Å². The van der Waals surface area contributed by atoms with Crippen LogP contribution in [0.1, 0.15) is 5.56 Å². The Morgan fingerprint density at radius 3 is 2.68 bits per heavy atom. The van der Waals surface area contributed by atoms with Crippen molar-refractivity contribution < 1.29 is 27.8 Å². The molecule has 1 aromatic carbocycles. The second kappa shape index (κ2) is 5.18. The monoisotopic (exact) mass is 275 g/mol. The van der Waals surface area contributed by atoms with Crippen molar-refractivity contribution in [3.63, 3.8) is 0 Å². The number of aliphatic hydroxyl groups excluding tert-OH is 1. The van der Waals surface area contributed by atoms with E-state index in [9.17, 15) is 23.1 Å². The van der Waals surface area contributed by atoms with Crippen LogP contribution < -0.4 is 4.90 Å². The van der Waals surface area contributed by atoms with Gasteiger partial charge < -0.3 is 14.7 Å². The summed E-state index contributed by atoms with van der Waals surface area (Å²) in [4.78, 5) is 12.7. The van der Waals surface area contributed by atoms with Gasteiger partial charge in [-0.05, 0) is 12.1 Å². The fourth-order valence-electron chi connectivity index (χ4n) is 2.02. The minimum atomic E-state index is -4.56. The molecule has 0 bridgehead atoms. The quantitative estimate of drug-likeness (QED) is 0.888. The minimum absolute atomic E-state index is 0.00836. The maximum Gasteiger partial charge on any atom is 0.418 e. The number of ether oxygens (including phenoxy) is 1. The largest absolute Gasteiger partial charge is 0.418 e. The highest BCUT2D eigenvalue weighted by molar-refractivity contribution is 5.96. The number of hydrogen-bond donors (Lipinski definition) is 1. The number of nitrogens with zero attached hydrogens (tertiary/aromatic N) is 1. The van der Waals surface area contributed by atoms with Gasteiger partial charge in [-0.15, -0.1) is 0 Å². The topological polar surface area (TPSA) is 49.8 Å². The molecule has 1 N–H and O–H groups in total. The number of aliphatic hydroxyl groups is 1. The average molecular weight is 275 g/mol. The molecule has 1 amide bonds. The fraction of sp³-hybridized carbons (Fsp3) is 0.417. The number of rotatable bonds is 2. The Hall–Kier alpha value is -1.60. The normalized spacial score (nSPS) is 20.7. The third-order valence-electron chi connectivity index (χ3n) is 2.85. The van der Waals surface area contributed by atoms with Gasteiger partial charge in [-0.1, -0.05) is 12.1 Å². The lowest BCUT2D eigenvalue weighted by Gasteiger charge is -2.35. The Bertz CT molecular complexity index is 476. The SMILES string of the molecule is O=C1COCC(CO)N1c1ccccc1C(F)(F)F. The minimum Gasteiger partial charge on any atom is -0.394 e. The van der Waals surface area contributed by atoms with Gasteiger partial charge in [0, 0.05) is 0 Å². The molecule has 1 aliphatic rings. The Morgan fingerprint density at radius 1 is 1.37 bits per heavy atom. The Labute approximate surface area is 107 Å². The van der Waals surface area contributed by atoms with Gasteiger partial charge in [0.15, 0.2) is 0 Å². The summed E-state index contributed by atoms with van der Waals surface area (Å²) >= 11 is 0. The lowest BCUT2D eigenvalue weighted by molar-refractivity contribution is -0.137. The van der Waals surface area contributed by atoms with E-state index < -0.39 is 30.3 Å². The smallest absolute Gasteiger partial charge is 0.394 e. The van der Waals surface area contributed by atoms with Crippen LogP contribution in [-0.4, -0.2) is 36.9 Å². The van der Waals surface area contributed by atoms with Crippen molar-refractivity contribution in [1.29, 1.82) is 0 Å². The predicted octanol–water partition coefficient (Wildman–Crippen LogP) is 1.43. The predicted molar refractivity (Wildman–Crippen MR) is 60.6 cm³/mol. The average Bonchev–Trinajstić information content (AvgIpc) is 2.37. The van der Waals surface area contributed by atoms with E-state index >= 15 is 0 Å². The summed E-state index contributed by atoms with van der Waals surface area (Å²) in [5.74, 6) is -0.595.